The summed E-state index contributed by atoms with van der Waals surface area (Å²) in [6.07, 6.45) is 6.20. The Morgan fingerprint density at radius 1 is 1.15 bits per heavy atom. The van der Waals surface area contributed by atoms with Gasteiger partial charge in [0.05, 0.1) is 18.9 Å². The van der Waals surface area contributed by atoms with Crippen LogP contribution in [0.3, 0.4) is 0 Å². The molecule has 3 rings (SSSR count). The molecule has 1 heterocycles. The van der Waals surface area contributed by atoms with Crippen molar-refractivity contribution in [3.05, 3.63) is 34.9 Å². The Morgan fingerprint density at radius 3 is 2.63 bits per heavy atom. The number of aryl methyl sites for hydroxylation is 2. The predicted octanol–water partition coefficient (Wildman–Crippen LogP) is 1.89. The summed E-state index contributed by atoms with van der Waals surface area (Å²) in [6, 6.07) is 6.27. The van der Waals surface area contributed by atoms with Crippen LogP contribution >= 0.6 is 0 Å². The van der Waals surface area contributed by atoms with Crippen LogP contribution in [0.4, 0.5) is 0 Å². The van der Waals surface area contributed by atoms with Crippen LogP contribution < -0.4 is 0 Å². The molecule has 1 aliphatic carbocycles. The molecule has 1 atom stereocenters. The number of likely N-dealkylation sites (tertiary alicyclic amines) is 1. The maximum atomic E-state index is 12.5. The van der Waals surface area contributed by atoms with Crippen LogP contribution in [0.5, 0.6) is 0 Å². The maximum Gasteiger partial charge on any atom is 0.308 e. The summed E-state index contributed by atoms with van der Waals surface area (Å²) < 4.78 is 0. The van der Waals surface area contributed by atoms with Gasteiger partial charge in [-0.25, -0.2) is 0 Å². The second-order valence-corrected chi connectivity index (χ2v) is 7.75. The number of nitrogens with zero attached hydrogens (tertiary/aromatic N) is 2. The van der Waals surface area contributed by atoms with Crippen molar-refractivity contribution in [2.24, 2.45) is 5.92 Å². The van der Waals surface area contributed by atoms with Gasteiger partial charge in [0, 0.05) is 20.1 Å². The molecule has 27 heavy (non-hydrogen) atoms. The Bertz CT molecular complexity index is 731. The number of carbonyl (C=O) groups excluding carboxylic acids is 2. The van der Waals surface area contributed by atoms with Gasteiger partial charge in [0.2, 0.25) is 11.8 Å². The first-order chi connectivity index (χ1) is 12.9. The zero-order valence-electron chi connectivity index (χ0n) is 15.9. The summed E-state index contributed by atoms with van der Waals surface area (Å²) in [5.41, 5.74) is 3.72. The van der Waals surface area contributed by atoms with Crippen LogP contribution in [0.1, 0.15) is 42.4 Å². The third kappa shape index (κ3) is 4.87. The highest BCUT2D eigenvalue weighted by Crippen LogP contribution is 2.22. The average Bonchev–Trinajstić information content (AvgIpc) is 2.67. The number of carboxylic acids is 1. The van der Waals surface area contributed by atoms with Gasteiger partial charge in [0.1, 0.15) is 0 Å². The number of aliphatic carboxylic acids is 1. The fourth-order valence-electron chi connectivity index (χ4n) is 4.00. The molecular weight excluding hydrogens is 344 g/mol. The lowest BCUT2D eigenvalue weighted by Gasteiger charge is -2.32. The second-order valence-electron chi connectivity index (χ2n) is 7.75. The Kier molecular flexibility index (Phi) is 6.14. The van der Waals surface area contributed by atoms with E-state index in [2.05, 4.69) is 12.1 Å². The standard InChI is InChI=1S/C21H28N2O4/c1-22(14-20(25)23-10-4-7-18(13-23)21(26)27)19(24)12-15-8-9-16-5-2-3-6-17(16)11-15/h8-9,11,18H,2-7,10,12-14H2,1H3,(H,26,27). The molecule has 2 amide bonds. The number of rotatable bonds is 5. The molecule has 1 fully saturated rings. The smallest absolute Gasteiger partial charge is 0.308 e. The van der Waals surface area contributed by atoms with Gasteiger partial charge >= 0.3 is 5.97 Å². The van der Waals surface area contributed by atoms with E-state index in [0.29, 0.717) is 19.4 Å². The lowest BCUT2D eigenvalue weighted by Crippen LogP contribution is -2.47. The van der Waals surface area contributed by atoms with Crippen molar-refractivity contribution in [2.45, 2.75) is 44.9 Å². The third-order valence-corrected chi connectivity index (χ3v) is 5.69. The highest BCUT2D eigenvalue weighted by atomic mass is 16.4. The first kappa shape index (κ1) is 19.4. The van der Waals surface area contributed by atoms with Crippen molar-refractivity contribution in [1.29, 1.82) is 0 Å². The van der Waals surface area contributed by atoms with Gasteiger partial charge in [0.15, 0.2) is 0 Å². The van der Waals surface area contributed by atoms with Gasteiger partial charge in [0.25, 0.3) is 0 Å². The van der Waals surface area contributed by atoms with Crippen molar-refractivity contribution in [3.8, 4) is 0 Å². The molecule has 1 aromatic carbocycles. The van der Waals surface area contributed by atoms with Gasteiger partial charge < -0.3 is 14.9 Å². The van der Waals surface area contributed by atoms with E-state index in [0.717, 1.165) is 18.4 Å². The summed E-state index contributed by atoms with van der Waals surface area (Å²) in [5, 5.41) is 9.15. The molecule has 146 valence electrons. The predicted molar refractivity (Wildman–Crippen MR) is 101 cm³/mol. The van der Waals surface area contributed by atoms with E-state index >= 15 is 0 Å². The van der Waals surface area contributed by atoms with Gasteiger partial charge in [-0.2, -0.15) is 0 Å². The van der Waals surface area contributed by atoms with Crippen LogP contribution in [0.25, 0.3) is 0 Å². The van der Waals surface area contributed by atoms with Gasteiger partial charge in [-0.3, -0.25) is 14.4 Å². The first-order valence-corrected chi connectivity index (χ1v) is 9.79. The normalized spacial score (nSPS) is 19.3. The monoisotopic (exact) mass is 372 g/mol. The van der Waals surface area contributed by atoms with Crippen molar-refractivity contribution in [1.82, 2.24) is 9.80 Å². The van der Waals surface area contributed by atoms with E-state index in [-0.39, 0.29) is 31.3 Å². The Labute approximate surface area is 160 Å². The number of likely N-dealkylation sites (N-methyl/N-ethyl adjacent to an activating group) is 1. The van der Waals surface area contributed by atoms with E-state index in [9.17, 15) is 14.4 Å². The first-order valence-electron chi connectivity index (χ1n) is 9.79. The lowest BCUT2D eigenvalue weighted by molar-refractivity contribution is -0.147. The van der Waals surface area contributed by atoms with Crippen LogP contribution in [0.2, 0.25) is 0 Å². The van der Waals surface area contributed by atoms with E-state index in [1.165, 1.54) is 28.9 Å². The van der Waals surface area contributed by atoms with Crippen molar-refractivity contribution >= 4 is 17.8 Å². The van der Waals surface area contributed by atoms with Crippen LogP contribution in [-0.2, 0) is 33.6 Å². The van der Waals surface area contributed by atoms with Crippen LogP contribution in [-0.4, -0.2) is 59.4 Å². The molecule has 1 unspecified atom stereocenters. The molecule has 0 bridgehead atoms. The number of benzene rings is 1. The number of amides is 2. The Morgan fingerprint density at radius 2 is 1.89 bits per heavy atom. The fraction of sp³-hybridized carbons (Fsp3) is 0.571. The lowest BCUT2D eigenvalue weighted by atomic mass is 9.90. The summed E-state index contributed by atoms with van der Waals surface area (Å²) in [6.45, 7) is 0.798. The fourth-order valence-corrected chi connectivity index (χ4v) is 4.00. The average molecular weight is 372 g/mol. The second kappa shape index (κ2) is 8.55. The van der Waals surface area contributed by atoms with Gasteiger partial charge in [-0.05, 0) is 55.2 Å². The van der Waals surface area contributed by atoms with Crippen molar-refractivity contribution < 1.29 is 19.5 Å². The van der Waals surface area contributed by atoms with Gasteiger partial charge in [-0.15, -0.1) is 0 Å². The minimum atomic E-state index is -0.857. The summed E-state index contributed by atoms with van der Waals surface area (Å²) in [7, 11) is 1.64. The molecule has 6 heteroatoms. The largest absolute Gasteiger partial charge is 0.481 e. The molecule has 0 spiro atoms. The summed E-state index contributed by atoms with van der Waals surface area (Å²) >= 11 is 0. The maximum absolute atomic E-state index is 12.5. The SMILES string of the molecule is CN(CC(=O)N1CCCC(C(=O)O)C1)C(=O)Cc1ccc2c(c1)CCCC2. The zero-order valence-corrected chi connectivity index (χ0v) is 15.9. The molecule has 1 saturated heterocycles. The minimum Gasteiger partial charge on any atom is -0.481 e. The van der Waals surface area contributed by atoms with E-state index in [4.69, 9.17) is 5.11 Å². The number of hydrogen-bond donors (Lipinski definition) is 1. The molecule has 1 aliphatic heterocycles. The number of carbonyl (C=O) groups is 3. The van der Waals surface area contributed by atoms with E-state index < -0.39 is 11.9 Å². The zero-order chi connectivity index (χ0) is 19.4. The summed E-state index contributed by atoms with van der Waals surface area (Å²) in [4.78, 5) is 39.2. The molecule has 2 aliphatic rings. The van der Waals surface area contributed by atoms with Crippen LogP contribution in [0.15, 0.2) is 18.2 Å². The van der Waals surface area contributed by atoms with E-state index in [1.54, 1.807) is 11.9 Å². The minimum absolute atomic E-state index is 0.00386. The Hall–Kier alpha value is -2.37. The number of piperidine rings is 1. The molecule has 0 aromatic heterocycles. The Balaban J connectivity index is 1.54. The van der Waals surface area contributed by atoms with Crippen LogP contribution in [0, 0.1) is 5.92 Å². The molecule has 1 N–H and O–H groups in total. The number of hydrogen-bond acceptors (Lipinski definition) is 3. The number of carboxylic acid groups (broad SMARTS) is 1. The molecule has 0 radical (unpaired) electrons. The molecule has 1 aromatic rings. The molecule has 6 nitrogen and oxygen atoms in total. The van der Waals surface area contributed by atoms with E-state index in [1.807, 2.05) is 6.07 Å². The molecular formula is C21H28N2O4. The van der Waals surface area contributed by atoms with Crippen molar-refractivity contribution in [3.63, 3.8) is 0 Å². The quantitative estimate of drug-likeness (QED) is 0.856. The van der Waals surface area contributed by atoms with Crippen molar-refractivity contribution in [2.75, 3.05) is 26.7 Å². The highest BCUT2D eigenvalue weighted by molar-refractivity contribution is 5.86. The summed E-state index contributed by atoms with van der Waals surface area (Å²) in [5.74, 6) is -1.63. The topological polar surface area (TPSA) is 77.9 Å². The van der Waals surface area contributed by atoms with Gasteiger partial charge in [-0.1, -0.05) is 18.2 Å². The molecule has 0 saturated carbocycles. The highest BCUT2D eigenvalue weighted by Gasteiger charge is 2.29. The number of fused-ring (bicyclic) bond motifs is 1. The third-order valence-electron chi connectivity index (χ3n) is 5.69.